The summed E-state index contributed by atoms with van der Waals surface area (Å²) in [6.07, 6.45) is -0.814. The van der Waals surface area contributed by atoms with Gasteiger partial charge in [-0.3, -0.25) is 19.1 Å². The van der Waals surface area contributed by atoms with Crippen molar-refractivity contribution in [3.63, 3.8) is 0 Å². The number of hydrogen-bond donors (Lipinski definition) is 1. The molecule has 1 aromatic heterocycles. The number of carbonyl (C=O) groups excluding carboxylic acids is 2. The van der Waals surface area contributed by atoms with Crippen LogP contribution in [0.25, 0.3) is 0 Å². The molecule has 2 aliphatic rings. The number of alkyl halides is 3. The van der Waals surface area contributed by atoms with Crippen LogP contribution in [0.3, 0.4) is 0 Å². The molecule has 4 rings (SSSR count). The summed E-state index contributed by atoms with van der Waals surface area (Å²) in [7, 11) is 1.39. The van der Waals surface area contributed by atoms with Crippen molar-refractivity contribution in [1.29, 1.82) is 0 Å². The predicted molar refractivity (Wildman–Crippen MR) is 123 cm³/mol. The number of nitroso groups, excluding NO2 is 1. The molecule has 0 bridgehead atoms. The molecule has 0 fully saturated rings. The van der Waals surface area contributed by atoms with E-state index in [9.17, 15) is 32.8 Å². The Morgan fingerprint density at radius 3 is 2.70 bits per heavy atom. The highest BCUT2D eigenvalue weighted by molar-refractivity contribution is 6.31. The van der Waals surface area contributed by atoms with Crippen LogP contribution in [0.2, 0.25) is 0 Å². The maximum absolute atomic E-state index is 13.3. The molecular formula is C22H19ClF3N5O6. The lowest BCUT2D eigenvalue weighted by atomic mass is 10.0. The molecule has 0 spiro atoms. The van der Waals surface area contributed by atoms with Gasteiger partial charge in [0.2, 0.25) is 6.35 Å². The van der Waals surface area contributed by atoms with Crippen molar-refractivity contribution >= 4 is 29.2 Å². The molecule has 15 heteroatoms. The second-order valence-electron chi connectivity index (χ2n) is 8.12. The van der Waals surface area contributed by atoms with Crippen LogP contribution in [0.5, 0.6) is 17.5 Å². The second-order valence-corrected chi connectivity index (χ2v) is 8.56. The number of amides is 2. The number of allylic oxidation sites excluding steroid dienone is 4. The first-order valence-corrected chi connectivity index (χ1v) is 11.1. The monoisotopic (exact) mass is 541 g/mol. The quantitative estimate of drug-likeness (QED) is 0.525. The van der Waals surface area contributed by atoms with Crippen LogP contribution < -0.4 is 14.4 Å². The minimum absolute atomic E-state index is 0.00804. The molecule has 0 radical (unpaired) electrons. The third-order valence-corrected chi connectivity index (χ3v) is 5.83. The number of aliphatic hydroxyl groups is 1. The summed E-state index contributed by atoms with van der Waals surface area (Å²) in [6.45, 7) is -0.663. The Balaban J connectivity index is 1.74. The lowest BCUT2D eigenvalue weighted by Crippen LogP contribution is -2.55. The van der Waals surface area contributed by atoms with E-state index in [0.29, 0.717) is 11.5 Å². The number of hydrogen-bond acceptors (Lipinski definition) is 8. The molecule has 2 unspecified atom stereocenters. The molecule has 1 aliphatic carbocycles. The van der Waals surface area contributed by atoms with Gasteiger partial charge in [-0.05, 0) is 30.5 Å². The lowest BCUT2D eigenvalue weighted by molar-refractivity contribution is -0.274. The van der Waals surface area contributed by atoms with Crippen LogP contribution in [0.4, 0.5) is 19.0 Å². The standard InChI is InChI=1S/C22H19ClF3N5O6/c1-29-18-17(19(33)31(21(29)34)11-16(32)28-35)30(10-12-5-7-13(23)8-6-12)20(27-18)36-14-3-2-4-15(9-14)37-22(24,25)26/h2-5,7-9,12,21,34H,6,10-11H2,1H3. The third-order valence-electron chi connectivity index (χ3n) is 5.55. The molecule has 2 heterocycles. The molecule has 1 N–H and O–H groups in total. The smallest absolute Gasteiger partial charge is 0.425 e. The van der Waals surface area contributed by atoms with E-state index in [-0.39, 0.29) is 35.7 Å². The van der Waals surface area contributed by atoms with Crippen molar-refractivity contribution < 1.29 is 37.3 Å². The zero-order valence-corrected chi connectivity index (χ0v) is 19.8. The highest BCUT2D eigenvalue weighted by Crippen LogP contribution is 2.36. The van der Waals surface area contributed by atoms with Crippen molar-refractivity contribution in [2.24, 2.45) is 11.1 Å². The third kappa shape index (κ3) is 5.75. The van der Waals surface area contributed by atoms with Crippen LogP contribution in [0.1, 0.15) is 16.9 Å². The summed E-state index contributed by atoms with van der Waals surface area (Å²) in [4.78, 5) is 41.8. The van der Waals surface area contributed by atoms with Crippen LogP contribution in [0.15, 0.2) is 52.7 Å². The molecule has 0 saturated carbocycles. The van der Waals surface area contributed by atoms with Gasteiger partial charge < -0.3 is 19.5 Å². The second kappa shape index (κ2) is 10.2. The molecule has 37 heavy (non-hydrogen) atoms. The lowest BCUT2D eigenvalue weighted by Gasteiger charge is -2.37. The zero-order valence-electron chi connectivity index (χ0n) is 19.1. The van der Waals surface area contributed by atoms with E-state index in [2.05, 4.69) is 14.9 Å². The summed E-state index contributed by atoms with van der Waals surface area (Å²) >= 11 is 5.99. The van der Waals surface area contributed by atoms with E-state index >= 15 is 0 Å². The van der Waals surface area contributed by atoms with E-state index in [0.717, 1.165) is 17.0 Å². The largest absolute Gasteiger partial charge is 0.573 e. The fourth-order valence-corrected chi connectivity index (χ4v) is 4.02. The van der Waals surface area contributed by atoms with Gasteiger partial charge in [0.25, 0.3) is 5.91 Å². The van der Waals surface area contributed by atoms with Crippen LogP contribution in [0, 0.1) is 10.8 Å². The number of aromatic nitrogens is 2. The molecule has 2 atom stereocenters. The highest BCUT2D eigenvalue weighted by atomic mass is 35.5. The first-order chi connectivity index (χ1) is 17.5. The van der Waals surface area contributed by atoms with Gasteiger partial charge in [0.1, 0.15) is 18.0 Å². The zero-order chi connectivity index (χ0) is 26.9. The Labute approximate surface area is 212 Å². The maximum atomic E-state index is 13.3. The molecule has 1 aliphatic heterocycles. The average Bonchev–Trinajstić information content (AvgIpc) is 3.18. The van der Waals surface area contributed by atoms with E-state index in [1.54, 1.807) is 18.2 Å². The minimum Gasteiger partial charge on any atom is -0.425 e. The maximum Gasteiger partial charge on any atom is 0.573 e. The minimum atomic E-state index is -4.92. The van der Waals surface area contributed by atoms with Gasteiger partial charge in [-0.25, -0.2) is 0 Å². The number of carbonyl (C=O) groups is 2. The van der Waals surface area contributed by atoms with Crippen molar-refractivity contribution in [3.05, 3.63) is 58.1 Å². The van der Waals surface area contributed by atoms with E-state index in [1.807, 2.05) is 0 Å². The van der Waals surface area contributed by atoms with Gasteiger partial charge in [-0.2, -0.15) is 4.98 Å². The summed E-state index contributed by atoms with van der Waals surface area (Å²) in [5.74, 6) is -2.80. The van der Waals surface area contributed by atoms with E-state index in [1.165, 1.54) is 28.6 Å². The first kappa shape index (κ1) is 26.2. The number of aliphatic hydroxyl groups excluding tert-OH is 1. The number of ether oxygens (including phenoxy) is 2. The number of benzene rings is 1. The fourth-order valence-electron chi connectivity index (χ4n) is 3.86. The summed E-state index contributed by atoms with van der Waals surface area (Å²) in [6, 6.07) is 4.56. The van der Waals surface area contributed by atoms with Gasteiger partial charge in [0.15, 0.2) is 11.5 Å². The predicted octanol–water partition coefficient (Wildman–Crippen LogP) is 3.73. The summed E-state index contributed by atoms with van der Waals surface area (Å²) in [5, 5.41) is 13.4. The fraction of sp³-hybridized carbons (Fsp3) is 0.318. The Bertz CT molecular complexity index is 1290. The molecule has 11 nitrogen and oxygen atoms in total. The highest BCUT2D eigenvalue weighted by Gasteiger charge is 2.41. The molecular weight excluding hydrogens is 523 g/mol. The number of imidazole rings is 1. The average molecular weight is 542 g/mol. The summed E-state index contributed by atoms with van der Waals surface area (Å²) < 4.78 is 49.1. The van der Waals surface area contributed by atoms with Crippen LogP contribution in [-0.2, 0) is 11.3 Å². The molecule has 0 saturated heterocycles. The Hall–Kier alpha value is -3.91. The van der Waals surface area contributed by atoms with Crippen LogP contribution >= 0.6 is 11.6 Å². The van der Waals surface area contributed by atoms with Gasteiger partial charge >= 0.3 is 18.3 Å². The SMILES string of the molecule is CN1c2nc(Oc3cccc(OC(F)(F)F)c3)n(CC3C=CC(Cl)=CC3)c2C(=O)N(CC(=O)N=O)C1O. The van der Waals surface area contributed by atoms with Crippen molar-refractivity contribution in [3.8, 4) is 17.5 Å². The van der Waals surface area contributed by atoms with Crippen molar-refractivity contribution in [2.75, 3.05) is 18.5 Å². The van der Waals surface area contributed by atoms with Crippen molar-refractivity contribution in [2.45, 2.75) is 25.7 Å². The van der Waals surface area contributed by atoms with E-state index < -0.39 is 36.8 Å². The Kier molecular flexibility index (Phi) is 7.23. The van der Waals surface area contributed by atoms with E-state index in [4.69, 9.17) is 16.3 Å². The van der Waals surface area contributed by atoms with Gasteiger partial charge in [-0.1, -0.05) is 29.8 Å². The van der Waals surface area contributed by atoms with Gasteiger partial charge in [0.05, 0.1) is 0 Å². The van der Waals surface area contributed by atoms with Gasteiger partial charge in [0, 0.05) is 29.9 Å². The number of halogens is 4. The van der Waals surface area contributed by atoms with Gasteiger partial charge in [-0.15, -0.1) is 18.1 Å². The summed E-state index contributed by atoms with van der Waals surface area (Å²) in [5.41, 5.74) is -0.0711. The van der Waals surface area contributed by atoms with Crippen LogP contribution in [-0.4, -0.2) is 57.7 Å². The Morgan fingerprint density at radius 1 is 1.32 bits per heavy atom. The van der Waals surface area contributed by atoms with Crippen molar-refractivity contribution in [1.82, 2.24) is 14.5 Å². The molecule has 2 amide bonds. The number of anilines is 1. The topological polar surface area (TPSA) is 127 Å². The Morgan fingerprint density at radius 2 is 2.05 bits per heavy atom. The first-order valence-electron chi connectivity index (χ1n) is 10.7. The normalized spacial score (nSPS) is 19.4. The number of rotatable bonds is 7. The molecule has 2 aromatic rings. The molecule has 1 aromatic carbocycles. The number of fused-ring (bicyclic) bond motifs is 1. The molecule has 196 valence electrons. The number of nitrogens with zero attached hydrogens (tertiary/aromatic N) is 5.